The molecular formula is C23H28N2O6S. The van der Waals surface area contributed by atoms with Crippen LogP contribution in [0.5, 0.6) is 5.75 Å². The van der Waals surface area contributed by atoms with Crippen molar-refractivity contribution in [1.82, 2.24) is 4.72 Å². The molecule has 172 valence electrons. The predicted molar refractivity (Wildman–Crippen MR) is 119 cm³/mol. The summed E-state index contributed by atoms with van der Waals surface area (Å²) in [5, 5.41) is 0. The lowest BCUT2D eigenvalue weighted by Gasteiger charge is -2.29. The molecule has 0 saturated heterocycles. The summed E-state index contributed by atoms with van der Waals surface area (Å²) in [6.07, 6.45) is 2.43. The molecule has 0 heterocycles. The van der Waals surface area contributed by atoms with E-state index in [-0.39, 0.29) is 28.2 Å². The van der Waals surface area contributed by atoms with Gasteiger partial charge in [-0.3, -0.25) is 4.79 Å². The molecule has 32 heavy (non-hydrogen) atoms. The standard InChI is InChI=1S/C23H28N2O6S/c1-15-8-6-7-11-18(15)25-32(28,29)20-14-17(12-13-19(20)30-2)23(27)31-21(22(24)26)16-9-4-3-5-10-16/h3-5,9-10,12-15,18,21,25H,6-8,11H2,1-2H3,(H2,24,26). The van der Waals surface area contributed by atoms with Crippen LogP contribution in [0.4, 0.5) is 0 Å². The largest absolute Gasteiger partial charge is 0.495 e. The Labute approximate surface area is 188 Å². The highest BCUT2D eigenvalue weighted by Crippen LogP contribution is 2.30. The summed E-state index contributed by atoms with van der Waals surface area (Å²) in [6.45, 7) is 2.02. The highest BCUT2D eigenvalue weighted by atomic mass is 32.2. The van der Waals surface area contributed by atoms with Crippen LogP contribution in [0, 0.1) is 5.92 Å². The number of nitrogens with one attached hydrogen (secondary N) is 1. The molecule has 0 aromatic heterocycles. The number of primary amides is 1. The quantitative estimate of drug-likeness (QED) is 0.584. The molecule has 1 fully saturated rings. The summed E-state index contributed by atoms with van der Waals surface area (Å²) in [5.41, 5.74) is 5.80. The molecule has 1 aliphatic carbocycles. The van der Waals surface area contributed by atoms with Crippen molar-refractivity contribution in [1.29, 1.82) is 0 Å². The number of methoxy groups -OCH3 is 1. The molecule has 3 unspecified atom stereocenters. The first-order valence-electron chi connectivity index (χ1n) is 10.5. The number of ether oxygens (including phenoxy) is 2. The Morgan fingerprint density at radius 3 is 2.41 bits per heavy atom. The normalized spacial score (nSPS) is 19.7. The average molecular weight is 461 g/mol. The maximum atomic E-state index is 13.1. The molecule has 2 aromatic rings. The van der Waals surface area contributed by atoms with Gasteiger partial charge in [-0.05, 0) is 37.0 Å². The molecule has 3 N–H and O–H groups in total. The molecule has 1 saturated carbocycles. The Morgan fingerprint density at radius 2 is 1.78 bits per heavy atom. The minimum absolute atomic E-state index is 0.0370. The highest BCUT2D eigenvalue weighted by molar-refractivity contribution is 7.89. The van der Waals surface area contributed by atoms with E-state index >= 15 is 0 Å². The predicted octanol–water partition coefficient (Wildman–Crippen LogP) is 2.94. The van der Waals surface area contributed by atoms with Gasteiger partial charge in [-0.25, -0.2) is 17.9 Å². The number of amides is 1. The number of benzene rings is 2. The van der Waals surface area contributed by atoms with Crippen LogP contribution in [0.25, 0.3) is 0 Å². The molecular weight excluding hydrogens is 432 g/mol. The lowest BCUT2D eigenvalue weighted by Crippen LogP contribution is -2.41. The van der Waals surface area contributed by atoms with Crippen molar-refractivity contribution in [3.63, 3.8) is 0 Å². The lowest BCUT2D eigenvalue weighted by molar-refractivity contribution is -0.127. The second-order valence-electron chi connectivity index (χ2n) is 7.95. The number of esters is 1. The minimum atomic E-state index is -3.96. The fourth-order valence-corrected chi connectivity index (χ4v) is 5.44. The van der Waals surface area contributed by atoms with Gasteiger partial charge in [0, 0.05) is 11.6 Å². The van der Waals surface area contributed by atoms with Gasteiger partial charge in [0.15, 0.2) is 0 Å². The third-order valence-corrected chi connectivity index (χ3v) is 7.20. The van der Waals surface area contributed by atoms with E-state index in [2.05, 4.69) is 4.72 Å². The number of sulfonamides is 1. The fraction of sp³-hybridized carbons (Fsp3) is 0.391. The average Bonchev–Trinajstić information content (AvgIpc) is 2.78. The van der Waals surface area contributed by atoms with Crippen molar-refractivity contribution in [3.05, 3.63) is 59.7 Å². The van der Waals surface area contributed by atoms with Crippen LogP contribution in [0.2, 0.25) is 0 Å². The second-order valence-corrected chi connectivity index (χ2v) is 9.64. The fourth-order valence-electron chi connectivity index (χ4n) is 3.86. The Kier molecular flexibility index (Phi) is 7.52. The molecule has 9 heteroatoms. The first-order chi connectivity index (χ1) is 15.2. The molecule has 0 radical (unpaired) electrons. The van der Waals surface area contributed by atoms with E-state index < -0.39 is 28.0 Å². The molecule has 3 atom stereocenters. The Morgan fingerprint density at radius 1 is 1.09 bits per heavy atom. The van der Waals surface area contributed by atoms with E-state index in [1.54, 1.807) is 30.3 Å². The Bertz CT molecular complexity index is 1070. The Balaban J connectivity index is 1.88. The van der Waals surface area contributed by atoms with Gasteiger partial charge in [0.05, 0.1) is 12.7 Å². The van der Waals surface area contributed by atoms with E-state index in [4.69, 9.17) is 15.2 Å². The summed E-state index contributed by atoms with van der Waals surface area (Å²) in [7, 11) is -2.61. The zero-order valence-corrected chi connectivity index (χ0v) is 18.9. The summed E-state index contributed by atoms with van der Waals surface area (Å²) in [4.78, 5) is 24.5. The van der Waals surface area contributed by atoms with Crippen LogP contribution in [0.3, 0.4) is 0 Å². The zero-order valence-electron chi connectivity index (χ0n) is 18.1. The summed E-state index contributed by atoms with van der Waals surface area (Å²) in [6, 6.07) is 12.1. The number of carbonyl (C=O) groups is 2. The smallest absolute Gasteiger partial charge is 0.339 e. The topological polar surface area (TPSA) is 125 Å². The number of hydrogen-bond donors (Lipinski definition) is 2. The number of rotatable bonds is 8. The third-order valence-electron chi connectivity index (χ3n) is 5.69. The maximum absolute atomic E-state index is 13.1. The monoisotopic (exact) mass is 460 g/mol. The van der Waals surface area contributed by atoms with E-state index in [1.165, 1.54) is 25.3 Å². The molecule has 0 bridgehead atoms. The van der Waals surface area contributed by atoms with Crippen molar-refractivity contribution in [2.75, 3.05) is 7.11 Å². The zero-order chi connectivity index (χ0) is 23.3. The van der Waals surface area contributed by atoms with E-state index in [1.807, 2.05) is 6.92 Å². The number of hydrogen-bond acceptors (Lipinski definition) is 6. The van der Waals surface area contributed by atoms with Crippen LogP contribution < -0.4 is 15.2 Å². The lowest BCUT2D eigenvalue weighted by atomic mass is 9.87. The molecule has 8 nitrogen and oxygen atoms in total. The highest BCUT2D eigenvalue weighted by Gasteiger charge is 2.30. The van der Waals surface area contributed by atoms with Crippen LogP contribution in [-0.2, 0) is 19.6 Å². The van der Waals surface area contributed by atoms with Crippen LogP contribution in [-0.4, -0.2) is 33.4 Å². The first kappa shape index (κ1) is 23.7. The number of carbonyl (C=O) groups excluding carboxylic acids is 2. The molecule has 1 amide bonds. The Hall–Kier alpha value is -2.91. The van der Waals surface area contributed by atoms with Gasteiger partial charge in [0.25, 0.3) is 5.91 Å². The van der Waals surface area contributed by atoms with E-state index in [9.17, 15) is 18.0 Å². The van der Waals surface area contributed by atoms with Crippen molar-refractivity contribution in [2.45, 2.75) is 49.6 Å². The van der Waals surface area contributed by atoms with Gasteiger partial charge < -0.3 is 15.2 Å². The molecule has 2 aromatic carbocycles. The van der Waals surface area contributed by atoms with E-state index in [0.29, 0.717) is 5.56 Å². The van der Waals surface area contributed by atoms with Gasteiger partial charge in [-0.1, -0.05) is 50.1 Å². The second kappa shape index (κ2) is 10.1. The first-order valence-corrected chi connectivity index (χ1v) is 12.0. The summed E-state index contributed by atoms with van der Waals surface area (Å²) in [5.74, 6) is -1.39. The number of nitrogens with two attached hydrogens (primary N) is 1. The van der Waals surface area contributed by atoms with Crippen LogP contribution >= 0.6 is 0 Å². The van der Waals surface area contributed by atoms with Crippen LogP contribution in [0.15, 0.2) is 53.4 Å². The molecule has 0 aliphatic heterocycles. The summed E-state index contributed by atoms with van der Waals surface area (Å²) >= 11 is 0. The minimum Gasteiger partial charge on any atom is -0.495 e. The van der Waals surface area contributed by atoms with Gasteiger partial charge in [0.1, 0.15) is 10.6 Å². The van der Waals surface area contributed by atoms with Gasteiger partial charge in [0.2, 0.25) is 16.1 Å². The SMILES string of the molecule is COc1ccc(C(=O)OC(C(N)=O)c2ccccc2)cc1S(=O)(=O)NC1CCCCC1C. The van der Waals surface area contributed by atoms with Gasteiger partial charge in [-0.2, -0.15) is 0 Å². The molecule has 3 rings (SSSR count). The van der Waals surface area contributed by atoms with Crippen molar-refractivity contribution in [3.8, 4) is 5.75 Å². The van der Waals surface area contributed by atoms with Crippen molar-refractivity contribution >= 4 is 21.9 Å². The molecule has 0 spiro atoms. The summed E-state index contributed by atoms with van der Waals surface area (Å²) < 4.78 is 39.6. The van der Waals surface area contributed by atoms with Gasteiger partial charge >= 0.3 is 5.97 Å². The van der Waals surface area contributed by atoms with Gasteiger partial charge in [-0.15, -0.1) is 0 Å². The van der Waals surface area contributed by atoms with E-state index in [0.717, 1.165) is 25.7 Å². The van der Waals surface area contributed by atoms with Crippen LogP contribution in [0.1, 0.15) is 54.6 Å². The van der Waals surface area contributed by atoms with Crippen molar-refractivity contribution in [2.24, 2.45) is 11.7 Å². The van der Waals surface area contributed by atoms with Crippen molar-refractivity contribution < 1.29 is 27.5 Å². The third kappa shape index (κ3) is 5.46. The maximum Gasteiger partial charge on any atom is 0.339 e. The molecule has 1 aliphatic rings.